The highest BCUT2D eigenvalue weighted by atomic mass is 35.5. The summed E-state index contributed by atoms with van der Waals surface area (Å²) in [6.45, 7) is 0. The molecule has 3 N–H and O–H groups in total. The van der Waals surface area contributed by atoms with E-state index in [0.29, 0.717) is 6.07 Å². The van der Waals surface area contributed by atoms with Gasteiger partial charge in [0.15, 0.2) is 0 Å². The Hall–Kier alpha value is -1.64. The molecule has 23 heavy (non-hydrogen) atoms. The number of alkyl halides is 3. The third kappa shape index (κ3) is 4.01. The highest BCUT2D eigenvalue weighted by Crippen LogP contribution is 2.33. The summed E-state index contributed by atoms with van der Waals surface area (Å²) in [5.74, 6) is 0. The number of hydrogen-bond donors (Lipinski definition) is 2. The third-order valence-corrected chi connectivity index (χ3v) is 4.74. The van der Waals surface area contributed by atoms with Crippen molar-refractivity contribution in [2.75, 3.05) is 10.5 Å². The Bertz CT molecular complexity index is 855. The zero-order chi connectivity index (χ0) is 17.4. The summed E-state index contributed by atoms with van der Waals surface area (Å²) in [5.41, 5.74) is 4.09. The average molecular weight is 385 g/mol. The molecule has 10 heteroatoms. The molecule has 0 aromatic heterocycles. The maximum Gasteiger partial charge on any atom is 0.416 e. The molecule has 0 amide bonds. The van der Waals surface area contributed by atoms with Gasteiger partial charge in [0.1, 0.15) is 4.90 Å². The predicted octanol–water partition coefficient (Wildman–Crippen LogP) is 4.40. The van der Waals surface area contributed by atoms with E-state index in [1.54, 1.807) is 0 Å². The number of anilines is 2. The Morgan fingerprint density at radius 1 is 1.09 bits per heavy atom. The van der Waals surface area contributed by atoms with Crippen molar-refractivity contribution in [1.82, 2.24) is 0 Å². The largest absolute Gasteiger partial charge is 0.416 e. The van der Waals surface area contributed by atoms with Crippen LogP contribution in [-0.2, 0) is 16.2 Å². The van der Waals surface area contributed by atoms with Crippen molar-refractivity contribution in [2.24, 2.45) is 0 Å². The number of nitrogens with two attached hydrogens (primary N) is 1. The minimum atomic E-state index is -4.60. The summed E-state index contributed by atoms with van der Waals surface area (Å²) in [6.07, 6.45) is -4.60. The van der Waals surface area contributed by atoms with Gasteiger partial charge in [0.05, 0.1) is 16.3 Å². The van der Waals surface area contributed by atoms with Gasteiger partial charge >= 0.3 is 6.18 Å². The quantitative estimate of drug-likeness (QED) is 0.770. The maximum absolute atomic E-state index is 12.7. The molecule has 0 saturated carbocycles. The van der Waals surface area contributed by atoms with Gasteiger partial charge in [-0.2, -0.15) is 13.2 Å². The fraction of sp³-hybridized carbons (Fsp3) is 0.0769. The van der Waals surface area contributed by atoms with E-state index in [9.17, 15) is 21.6 Å². The first-order chi connectivity index (χ1) is 10.5. The maximum atomic E-state index is 12.7. The van der Waals surface area contributed by atoms with E-state index in [2.05, 4.69) is 0 Å². The Morgan fingerprint density at radius 2 is 1.74 bits per heavy atom. The SMILES string of the molecule is Nc1c(Cl)cc(Cl)cc1S(=O)(=O)Nc1cccc(C(F)(F)F)c1. The predicted molar refractivity (Wildman–Crippen MR) is 83.1 cm³/mol. The molecule has 0 bridgehead atoms. The van der Waals surface area contributed by atoms with E-state index < -0.39 is 26.7 Å². The molecule has 0 spiro atoms. The van der Waals surface area contributed by atoms with Gasteiger partial charge in [-0.1, -0.05) is 29.3 Å². The lowest BCUT2D eigenvalue weighted by Crippen LogP contribution is -2.16. The highest BCUT2D eigenvalue weighted by Gasteiger charge is 2.31. The molecule has 2 aromatic carbocycles. The molecular weight excluding hydrogens is 376 g/mol. The van der Waals surface area contributed by atoms with Crippen LogP contribution in [0.1, 0.15) is 5.56 Å². The van der Waals surface area contributed by atoms with Crippen LogP contribution >= 0.6 is 23.2 Å². The van der Waals surface area contributed by atoms with Gasteiger partial charge in [-0.15, -0.1) is 0 Å². The first-order valence-corrected chi connectivity index (χ1v) is 8.19. The number of sulfonamides is 1. The van der Waals surface area contributed by atoms with Crippen molar-refractivity contribution in [3.05, 3.63) is 52.0 Å². The first-order valence-electron chi connectivity index (χ1n) is 5.95. The van der Waals surface area contributed by atoms with Gasteiger partial charge in [0.2, 0.25) is 0 Å². The molecular formula is C13H9Cl2F3N2O2S. The zero-order valence-electron chi connectivity index (χ0n) is 11.2. The van der Waals surface area contributed by atoms with Crippen molar-refractivity contribution in [1.29, 1.82) is 0 Å². The van der Waals surface area contributed by atoms with Gasteiger partial charge in [-0.05, 0) is 30.3 Å². The van der Waals surface area contributed by atoms with Crippen molar-refractivity contribution < 1.29 is 21.6 Å². The summed E-state index contributed by atoms with van der Waals surface area (Å²) in [7, 11) is -4.26. The van der Waals surface area contributed by atoms with Crippen molar-refractivity contribution in [3.8, 4) is 0 Å². The van der Waals surface area contributed by atoms with Crippen LogP contribution in [0.4, 0.5) is 24.5 Å². The number of nitrogen functional groups attached to an aromatic ring is 1. The number of hydrogen-bond acceptors (Lipinski definition) is 3. The Labute approximate surface area is 140 Å². The second kappa shape index (κ2) is 6.10. The molecule has 4 nitrogen and oxygen atoms in total. The summed E-state index contributed by atoms with van der Waals surface area (Å²) in [4.78, 5) is -0.424. The van der Waals surface area contributed by atoms with E-state index in [1.807, 2.05) is 4.72 Å². The molecule has 124 valence electrons. The third-order valence-electron chi connectivity index (χ3n) is 2.79. The van der Waals surface area contributed by atoms with Crippen molar-refractivity contribution in [3.63, 3.8) is 0 Å². The van der Waals surface area contributed by atoms with Gasteiger partial charge < -0.3 is 5.73 Å². The number of nitrogens with one attached hydrogen (secondary N) is 1. The van der Waals surface area contributed by atoms with Gasteiger partial charge in [-0.3, -0.25) is 4.72 Å². The van der Waals surface area contributed by atoms with Crippen LogP contribution in [0.5, 0.6) is 0 Å². The minimum Gasteiger partial charge on any atom is -0.396 e. The summed E-state index contributed by atoms with van der Waals surface area (Å²) < 4.78 is 64.6. The van der Waals surface area contributed by atoms with Crippen LogP contribution in [0.25, 0.3) is 0 Å². The van der Waals surface area contributed by atoms with Crippen LogP contribution in [0.2, 0.25) is 10.0 Å². The molecule has 0 atom stereocenters. The molecule has 0 aliphatic carbocycles. The molecule has 0 saturated heterocycles. The Kier molecular flexibility index (Phi) is 4.70. The Morgan fingerprint density at radius 3 is 2.35 bits per heavy atom. The number of rotatable bonds is 3. The molecule has 0 heterocycles. The Balaban J connectivity index is 2.44. The van der Waals surface area contributed by atoms with E-state index in [-0.39, 0.29) is 21.4 Å². The molecule has 0 radical (unpaired) electrons. The monoisotopic (exact) mass is 384 g/mol. The second-order valence-electron chi connectivity index (χ2n) is 4.48. The fourth-order valence-corrected chi connectivity index (χ4v) is 3.60. The van der Waals surface area contributed by atoms with Crippen LogP contribution in [0.15, 0.2) is 41.3 Å². The lowest BCUT2D eigenvalue weighted by atomic mass is 10.2. The van der Waals surface area contributed by atoms with Crippen LogP contribution < -0.4 is 10.5 Å². The van der Waals surface area contributed by atoms with Crippen LogP contribution in [0.3, 0.4) is 0 Å². The van der Waals surface area contributed by atoms with Gasteiger partial charge in [-0.25, -0.2) is 8.42 Å². The molecule has 0 unspecified atom stereocenters. The summed E-state index contributed by atoms with van der Waals surface area (Å²) in [5, 5.41) is -0.0597. The molecule has 2 rings (SSSR count). The topological polar surface area (TPSA) is 72.2 Å². The smallest absolute Gasteiger partial charge is 0.396 e. The summed E-state index contributed by atoms with van der Waals surface area (Å²) in [6, 6.07) is 6.05. The number of benzene rings is 2. The van der Waals surface area contributed by atoms with E-state index in [1.165, 1.54) is 12.1 Å². The molecule has 0 aliphatic rings. The van der Waals surface area contributed by atoms with E-state index in [0.717, 1.165) is 18.2 Å². The molecule has 2 aromatic rings. The average Bonchev–Trinajstić information content (AvgIpc) is 2.41. The van der Waals surface area contributed by atoms with Crippen molar-refractivity contribution in [2.45, 2.75) is 11.1 Å². The minimum absolute atomic E-state index is 0.0219. The molecule has 0 aliphatic heterocycles. The van der Waals surface area contributed by atoms with Crippen LogP contribution in [0, 0.1) is 0 Å². The second-order valence-corrected chi connectivity index (χ2v) is 6.98. The molecule has 0 fully saturated rings. The summed E-state index contributed by atoms with van der Waals surface area (Å²) >= 11 is 11.5. The van der Waals surface area contributed by atoms with E-state index in [4.69, 9.17) is 28.9 Å². The van der Waals surface area contributed by atoms with Crippen molar-refractivity contribution >= 4 is 44.6 Å². The lowest BCUT2D eigenvalue weighted by molar-refractivity contribution is -0.137. The number of halogens is 5. The lowest BCUT2D eigenvalue weighted by Gasteiger charge is -2.13. The normalized spacial score (nSPS) is 12.2. The van der Waals surface area contributed by atoms with Gasteiger partial charge in [0.25, 0.3) is 10.0 Å². The van der Waals surface area contributed by atoms with Gasteiger partial charge in [0, 0.05) is 10.7 Å². The fourth-order valence-electron chi connectivity index (χ4n) is 1.75. The highest BCUT2D eigenvalue weighted by molar-refractivity contribution is 7.92. The van der Waals surface area contributed by atoms with E-state index >= 15 is 0 Å². The first kappa shape index (κ1) is 17.7. The zero-order valence-corrected chi connectivity index (χ0v) is 13.5. The standard InChI is InChI=1S/C13H9Cl2F3N2O2S/c14-8-5-10(15)12(19)11(6-8)23(21,22)20-9-3-1-2-7(4-9)13(16,17)18/h1-6,20H,19H2. The van der Waals surface area contributed by atoms with Crippen LogP contribution in [-0.4, -0.2) is 8.42 Å².